The maximum atomic E-state index is 12.9. The summed E-state index contributed by atoms with van der Waals surface area (Å²) in [5.74, 6) is 0. The predicted octanol–water partition coefficient (Wildman–Crippen LogP) is 4.69. The highest BCUT2D eigenvalue weighted by Gasteiger charge is 2.37. The average Bonchev–Trinajstić information content (AvgIpc) is 3.08. The van der Waals surface area contributed by atoms with Crippen molar-refractivity contribution in [1.82, 2.24) is 9.29 Å². The fraction of sp³-hybridized carbons (Fsp3) is 0.250. The number of aliphatic hydroxyl groups excluding tert-OH is 1. The number of sulfonamides is 1. The molecule has 3 atom stereocenters. The first-order chi connectivity index (χ1) is 15.7. The second-order valence-electron chi connectivity index (χ2n) is 8.33. The summed E-state index contributed by atoms with van der Waals surface area (Å²) in [5.41, 5.74) is 2.67. The molecule has 5 rings (SSSR count). The molecular weight excluding hydrogens is 483 g/mol. The lowest BCUT2D eigenvalue weighted by Crippen LogP contribution is -2.53. The Balaban J connectivity index is 1.54. The van der Waals surface area contributed by atoms with Crippen molar-refractivity contribution >= 4 is 55.0 Å². The molecule has 2 heterocycles. The fourth-order valence-electron chi connectivity index (χ4n) is 4.45. The van der Waals surface area contributed by atoms with Gasteiger partial charge in [-0.2, -0.15) is 0 Å². The minimum absolute atomic E-state index is 0.0670. The van der Waals surface area contributed by atoms with Crippen molar-refractivity contribution in [2.45, 2.75) is 30.0 Å². The van der Waals surface area contributed by atoms with Crippen LogP contribution in [0.15, 0.2) is 65.6 Å². The SMILES string of the molecule is Cc1ccc(S(=O)(=O)N[C@@H]2COC[C@H](n3c4ccc(Cl)cc4c4cc(Cl)ccc43)[C@H]2O)cc1. The zero-order valence-corrected chi connectivity index (χ0v) is 20.0. The monoisotopic (exact) mass is 504 g/mol. The molecule has 33 heavy (non-hydrogen) atoms. The normalized spacial score (nSPS) is 21.6. The lowest BCUT2D eigenvalue weighted by Gasteiger charge is -2.36. The van der Waals surface area contributed by atoms with Gasteiger partial charge in [-0.3, -0.25) is 0 Å². The molecule has 1 fully saturated rings. The number of nitrogens with one attached hydrogen (secondary N) is 1. The molecule has 1 saturated heterocycles. The van der Waals surface area contributed by atoms with Crippen LogP contribution in [-0.2, 0) is 14.8 Å². The van der Waals surface area contributed by atoms with Crippen LogP contribution in [0.5, 0.6) is 0 Å². The Morgan fingerprint density at radius 1 is 0.939 bits per heavy atom. The van der Waals surface area contributed by atoms with Crippen LogP contribution in [0.3, 0.4) is 0 Å². The topological polar surface area (TPSA) is 80.6 Å². The molecule has 1 aliphatic rings. The van der Waals surface area contributed by atoms with Gasteiger partial charge in [-0.25, -0.2) is 13.1 Å². The van der Waals surface area contributed by atoms with Gasteiger partial charge < -0.3 is 14.4 Å². The van der Waals surface area contributed by atoms with Crippen molar-refractivity contribution in [3.8, 4) is 0 Å². The molecule has 0 saturated carbocycles. The first-order valence-electron chi connectivity index (χ1n) is 10.5. The van der Waals surface area contributed by atoms with Gasteiger partial charge in [0.15, 0.2) is 0 Å². The smallest absolute Gasteiger partial charge is 0.240 e. The number of ether oxygens (including phenoxy) is 1. The molecule has 4 aromatic rings. The number of aromatic nitrogens is 1. The first-order valence-corrected chi connectivity index (χ1v) is 12.7. The van der Waals surface area contributed by atoms with Gasteiger partial charge in [-0.05, 0) is 55.5 Å². The number of nitrogens with zero attached hydrogens (tertiary/aromatic N) is 1. The van der Waals surface area contributed by atoms with Crippen molar-refractivity contribution in [3.05, 3.63) is 76.3 Å². The van der Waals surface area contributed by atoms with E-state index in [1.165, 1.54) is 0 Å². The standard InChI is InChI=1S/C24H22Cl2N2O4S/c1-14-2-6-17(7-3-14)33(30,31)27-20-12-32-13-23(24(20)29)28-21-8-4-15(25)10-18(21)19-11-16(26)5-9-22(19)28/h2-11,20,23-24,27,29H,12-13H2,1H3/t20-,23+,24+/m1/s1. The quantitative estimate of drug-likeness (QED) is 0.422. The van der Waals surface area contributed by atoms with Crippen LogP contribution in [0.25, 0.3) is 21.8 Å². The summed E-state index contributed by atoms with van der Waals surface area (Å²) < 4.78 is 36.3. The third-order valence-corrected chi connectivity index (χ3v) is 8.06. The van der Waals surface area contributed by atoms with Gasteiger partial charge in [0.1, 0.15) is 0 Å². The van der Waals surface area contributed by atoms with Gasteiger partial charge >= 0.3 is 0 Å². The second kappa shape index (κ2) is 8.58. The maximum Gasteiger partial charge on any atom is 0.240 e. The van der Waals surface area contributed by atoms with E-state index in [1.54, 1.807) is 36.4 Å². The molecular formula is C24H22Cl2N2O4S. The van der Waals surface area contributed by atoms with Crippen molar-refractivity contribution in [2.75, 3.05) is 13.2 Å². The van der Waals surface area contributed by atoms with E-state index in [0.29, 0.717) is 10.0 Å². The van der Waals surface area contributed by atoms with Crippen LogP contribution < -0.4 is 4.72 Å². The van der Waals surface area contributed by atoms with E-state index >= 15 is 0 Å². The van der Waals surface area contributed by atoms with Gasteiger partial charge in [0.25, 0.3) is 0 Å². The summed E-state index contributed by atoms with van der Waals surface area (Å²) in [6, 6.07) is 16.3. The van der Waals surface area contributed by atoms with E-state index in [1.807, 2.05) is 35.8 Å². The Morgan fingerprint density at radius 2 is 1.52 bits per heavy atom. The van der Waals surface area contributed by atoms with Crippen LogP contribution in [0, 0.1) is 6.92 Å². The lowest BCUT2D eigenvalue weighted by molar-refractivity contribution is -0.0461. The van der Waals surface area contributed by atoms with Crippen LogP contribution >= 0.6 is 23.2 Å². The summed E-state index contributed by atoms with van der Waals surface area (Å²) in [6.07, 6.45) is -1.02. The maximum absolute atomic E-state index is 12.9. The van der Waals surface area contributed by atoms with Crippen molar-refractivity contribution in [1.29, 1.82) is 0 Å². The predicted molar refractivity (Wildman–Crippen MR) is 131 cm³/mol. The highest BCUT2D eigenvalue weighted by Crippen LogP contribution is 2.37. The number of hydrogen-bond donors (Lipinski definition) is 2. The van der Waals surface area contributed by atoms with E-state index in [2.05, 4.69) is 4.72 Å². The van der Waals surface area contributed by atoms with E-state index in [-0.39, 0.29) is 18.1 Å². The summed E-state index contributed by atoms with van der Waals surface area (Å²) in [5, 5.41) is 14.3. The Labute approximate surface area is 201 Å². The number of hydrogen-bond acceptors (Lipinski definition) is 4. The van der Waals surface area contributed by atoms with E-state index in [4.69, 9.17) is 27.9 Å². The van der Waals surface area contributed by atoms with Crippen molar-refractivity contribution < 1.29 is 18.3 Å². The molecule has 6 nitrogen and oxygen atoms in total. The molecule has 0 unspecified atom stereocenters. The summed E-state index contributed by atoms with van der Waals surface area (Å²) in [6.45, 7) is 2.19. The van der Waals surface area contributed by atoms with Crippen molar-refractivity contribution in [3.63, 3.8) is 0 Å². The zero-order chi connectivity index (χ0) is 23.3. The van der Waals surface area contributed by atoms with E-state index in [0.717, 1.165) is 27.4 Å². The molecule has 0 spiro atoms. The molecule has 0 amide bonds. The Kier molecular flexibility index (Phi) is 5.89. The molecule has 2 N–H and O–H groups in total. The van der Waals surface area contributed by atoms with Crippen molar-refractivity contribution in [2.24, 2.45) is 0 Å². The van der Waals surface area contributed by atoms with E-state index in [9.17, 15) is 13.5 Å². The third-order valence-electron chi connectivity index (χ3n) is 6.09. The summed E-state index contributed by atoms with van der Waals surface area (Å²) in [7, 11) is -3.83. The highest BCUT2D eigenvalue weighted by atomic mass is 35.5. The van der Waals surface area contributed by atoms with Gasteiger partial charge in [-0.1, -0.05) is 40.9 Å². The lowest BCUT2D eigenvalue weighted by atomic mass is 10.0. The molecule has 0 aliphatic carbocycles. The van der Waals surface area contributed by atoms with Crippen LogP contribution in [-0.4, -0.2) is 43.5 Å². The van der Waals surface area contributed by atoms with Gasteiger partial charge in [0.05, 0.1) is 36.3 Å². The zero-order valence-electron chi connectivity index (χ0n) is 17.7. The largest absolute Gasteiger partial charge is 0.389 e. The van der Waals surface area contributed by atoms with Crippen LogP contribution in [0.2, 0.25) is 10.0 Å². The average molecular weight is 505 g/mol. The number of benzene rings is 3. The first kappa shape index (κ1) is 22.7. The number of aryl methyl sites for hydroxylation is 1. The molecule has 3 aromatic carbocycles. The second-order valence-corrected chi connectivity index (χ2v) is 10.9. The van der Waals surface area contributed by atoms with Gasteiger partial charge in [0.2, 0.25) is 10.0 Å². The fourth-order valence-corrected chi connectivity index (χ4v) is 6.03. The molecule has 0 bridgehead atoms. The number of aliphatic hydroxyl groups is 1. The Bertz CT molecular complexity index is 1390. The minimum Gasteiger partial charge on any atom is -0.389 e. The van der Waals surface area contributed by atoms with Gasteiger partial charge in [0, 0.05) is 31.9 Å². The third kappa shape index (κ3) is 4.14. The molecule has 9 heteroatoms. The number of halogens is 2. The minimum atomic E-state index is -3.83. The van der Waals surface area contributed by atoms with Gasteiger partial charge in [-0.15, -0.1) is 0 Å². The molecule has 172 valence electrons. The number of fused-ring (bicyclic) bond motifs is 3. The molecule has 0 radical (unpaired) electrons. The van der Waals surface area contributed by atoms with E-state index < -0.39 is 28.2 Å². The van der Waals surface area contributed by atoms with Crippen LogP contribution in [0.4, 0.5) is 0 Å². The Morgan fingerprint density at radius 3 is 2.09 bits per heavy atom. The molecule has 1 aliphatic heterocycles. The highest BCUT2D eigenvalue weighted by molar-refractivity contribution is 7.89. The van der Waals surface area contributed by atoms with Crippen LogP contribution in [0.1, 0.15) is 11.6 Å². The summed E-state index contributed by atoms with van der Waals surface area (Å²) >= 11 is 12.5. The summed E-state index contributed by atoms with van der Waals surface area (Å²) in [4.78, 5) is 0.142. The Hall–Kier alpha value is -2.13. The number of rotatable bonds is 4. The molecule has 1 aromatic heterocycles.